The number of ether oxygens (including phenoxy) is 2. The van der Waals surface area contributed by atoms with E-state index in [0.29, 0.717) is 19.1 Å². The van der Waals surface area contributed by atoms with Crippen molar-refractivity contribution in [3.05, 3.63) is 11.7 Å². The maximum atomic E-state index is 5.45. The van der Waals surface area contributed by atoms with Gasteiger partial charge in [-0.3, -0.25) is 0 Å². The van der Waals surface area contributed by atoms with Crippen LogP contribution < -0.4 is 5.32 Å². The topological polar surface area (TPSA) is 69.4 Å². The van der Waals surface area contributed by atoms with Crippen LogP contribution >= 0.6 is 0 Å². The number of rotatable bonds is 10. The van der Waals surface area contributed by atoms with E-state index in [-0.39, 0.29) is 6.29 Å². The van der Waals surface area contributed by atoms with E-state index in [1.54, 1.807) is 6.92 Å². The van der Waals surface area contributed by atoms with E-state index in [1.165, 1.54) is 0 Å². The minimum absolute atomic E-state index is 0.111. The average Bonchev–Trinajstić information content (AvgIpc) is 2.75. The average molecular weight is 257 g/mol. The van der Waals surface area contributed by atoms with E-state index in [4.69, 9.17) is 14.0 Å². The highest BCUT2D eigenvalue weighted by atomic mass is 16.7. The molecule has 0 aromatic carbocycles. The van der Waals surface area contributed by atoms with Crippen LogP contribution in [0, 0.1) is 6.92 Å². The Hall–Kier alpha value is -0.980. The van der Waals surface area contributed by atoms with Crippen molar-refractivity contribution in [2.75, 3.05) is 26.3 Å². The van der Waals surface area contributed by atoms with E-state index < -0.39 is 0 Å². The Kier molecular flexibility index (Phi) is 7.55. The number of aryl methyl sites for hydroxylation is 1. The van der Waals surface area contributed by atoms with Crippen LogP contribution in [-0.4, -0.2) is 42.7 Å². The van der Waals surface area contributed by atoms with Crippen molar-refractivity contribution in [1.29, 1.82) is 0 Å². The summed E-state index contributed by atoms with van der Waals surface area (Å²) in [5, 5.41) is 7.14. The third kappa shape index (κ3) is 6.09. The number of nitrogens with zero attached hydrogens (tertiary/aromatic N) is 2. The fourth-order valence-electron chi connectivity index (χ4n) is 1.57. The molecular formula is C12H23N3O3. The van der Waals surface area contributed by atoms with Gasteiger partial charge >= 0.3 is 0 Å². The Bertz CT molecular complexity index is 311. The van der Waals surface area contributed by atoms with Crippen molar-refractivity contribution in [3.8, 4) is 0 Å². The smallest absolute Gasteiger partial charge is 0.223 e. The molecule has 6 nitrogen and oxygen atoms in total. The Morgan fingerprint density at radius 3 is 2.50 bits per heavy atom. The monoisotopic (exact) mass is 257 g/mol. The van der Waals surface area contributed by atoms with Crippen molar-refractivity contribution in [1.82, 2.24) is 15.5 Å². The third-order valence-electron chi connectivity index (χ3n) is 2.36. The van der Waals surface area contributed by atoms with Gasteiger partial charge in [0, 0.05) is 39.5 Å². The van der Waals surface area contributed by atoms with Crippen LogP contribution in [0.1, 0.15) is 32.0 Å². The molecule has 0 saturated heterocycles. The molecule has 0 saturated carbocycles. The zero-order valence-electron chi connectivity index (χ0n) is 11.4. The van der Waals surface area contributed by atoms with E-state index in [2.05, 4.69) is 15.5 Å². The van der Waals surface area contributed by atoms with Gasteiger partial charge in [-0.25, -0.2) is 0 Å². The molecule has 1 aromatic rings. The largest absolute Gasteiger partial charge is 0.353 e. The zero-order valence-corrected chi connectivity index (χ0v) is 11.4. The van der Waals surface area contributed by atoms with Gasteiger partial charge in [0.25, 0.3) is 0 Å². The second-order valence-corrected chi connectivity index (χ2v) is 3.86. The van der Waals surface area contributed by atoms with Crippen LogP contribution in [0.2, 0.25) is 0 Å². The fraction of sp³-hybridized carbons (Fsp3) is 0.833. The normalized spacial score (nSPS) is 11.3. The Morgan fingerprint density at radius 1 is 1.22 bits per heavy atom. The highest BCUT2D eigenvalue weighted by molar-refractivity contribution is 4.84. The molecule has 6 heteroatoms. The van der Waals surface area contributed by atoms with E-state index in [9.17, 15) is 0 Å². The van der Waals surface area contributed by atoms with Gasteiger partial charge in [-0.05, 0) is 20.4 Å². The van der Waals surface area contributed by atoms with Gasteiger partial charge in [0.1, 0.15) is 0 Å². The molecule has 0 amide bonds. The Morgan fingerprint density at radius 2 is 1.94 bits per heavy atom. The zero-order chi connectivity index (χ0) is 13.2. The quantitative estimate of drug-likeness (QED) is 0.503. The molecule has 0 unspecified atom stereocenters. The molecule has 104 valence electrons. The molecule has 0 fully saturated rings. The summed E-state index contributed by atoms with van der Waals surface area (Å²) in [7, 11) is 0. The lowest BCUT2D eigenvalue weighted by atomic mass is 10.3. The summed E-state index contributed by atoms with van der Waals surface area (Å²) in [5.41, 5.74) is 0. The summed E-state index contributed by atoms with van der Waals surface area (Å²) >= 11 is 0. The first-order valence-electron chi connectivity index (χ1n) is 6.49. The molecular weight excluding hydrogens is 234 g/mol. The maximum Gasteiger partial charge on any atom is 0.223 e. The molecule has 0 spiro atoms. The van der Waals surface area contributed by atoms with E-state index >= 15 is 0 Å². The summed E-state index contributed by atoms with van der Waals surface area (Å²) < 4.78 is 15.8. The van der Waals surface area contributed by atoms with Crippen molar-refractivity contribution >= 4 is 0 Å². The minimum Gasteiger partial charge on any atom is -0.353 e. The maximum absolute atomic E-state index is 5.45. The van der Waals surface area contributed by atoms with Crippen molar-refractivity contribution in [2.45, 2.75) is 39.9 Å². The van der Waals surface area contributed by atoms with Crippen LogP contribution in [0.5, 0.6) is 0 Å². The molecule has 0 aliphatic rings. The van der Waals surface area contributed by atoms with Gasteiger partial charge in [-0.15, -0.1) is 0 Å². The number of nitrogens with one attached hydrogen (secondary N) is 1. The van der Waals surface area contributed by atoms with Crippen molar-refractivity contribution in [2.24, 2.45) is 0 Å². The van der Waals surface area contributed by atoms with Crippen molar-refractivity contribution < 1.29 is 14.0 Å². The second kappa shape index (κ2) is 9.02. The lowest BCUT2D eigenvalue weighted by molar-refractivity contribution is -0.138. The number of hydrogen-bond acceptors (Lipinski definition) is 6. The summed E-state index contributed by atoms with van der Waals surface area (Å²) in [6.07, 6.45) is 1.50. The second-order valence-electron chi connectivity index (χ2n) is 3.86. The SMILES string of the molecule is CCOC(CCNCCc1noc(C)n1)OCC. The number of aromatic nitrogens is 2. The van der Waals surface area contributed by atoms with Gasteiger partial charge in [0.05, 0.1) is 0 Å². The van der Waals surface area contributed by atoms with Crippen LogP contribution in [0.15, 0.2) is 4.52 Å². The minimum atomic E-state index is -0.111. The van der Waals surface area contributed by atoms with E-state index in [1.807, 2.05) is 13.8 Å². The first-order valence-corrected chi connectivity index (χ1v) is 6.49. The first kappa shape index (κ1) is 15.1. The summed E-state index contributed by atoms with van der Waals surface area (Å²) in [6.45, 7) is 8.75. The van der Waals surface area contributed by atoms with E-state index in [0.717, 1.165) is 31.8 Å². The summed E-state index contributed by atoms with van der Waals surface area (Å²) in [4.78, 5) is 4.14. The molecule has 18 heavy (non-hydrogen) atoms. The van der Waals surface area contributed by atoms with Gasteiger partial charge in [-0.2, -0.15) is 4.98 Å². The lowest BCUT2D eigenvalue weighted by Gasteiger charge is -2.16. The molecule has 0 radical (unpaired) electrons. The van der Waals surface area contributed by atoms with Crippen LogP contribution in [0.4, 0.5) is 0 Å². The van der Waals surface area contributed by atoms with Crippen LogP contribution in [0.25, 0.3) is 0 Å². The standard InChI is InChI=1S/C12H23N3O3/c1-4-16-12(17-5-2)7-9-13-8-6-11-14-10(3)18-15-11/h12-13H,4-9H2,1-3H3. The molecule has 0 aliphatic carbocycles. The van der Waals surface area contributed by atoms with Gasteiger partial charge in [0.15, 0.2) is 12.1 Å². The highest BCUT2D eigenvalue weighted by Gasteiger charge is 2.07. The fourth-order valence-corrected chi connectivity index (χ4v) is 1.57. The predicted molar refractivity (Wildman–Crippen MR) is 67.3 cm³/mol. The predicted octanol–water partition coefficient (Wildman–Crippen LogP) is 1.30. The van der Waals surface area contributed by atoms with Crippen LogP contribution in [-0.2, 0) is 15.9 Å². The van der Waals surface area contributed by atoms with Crippen LogP contribution in [0.3, 0.4) is 0 Å². The molecule has 0 atom stereocenters. The molecule has 0 aliphatic heterocycles. The lowest BCUT2D eigenvalue weighted by Crippen LogP contribution is -2.26. The first-order chi connectivity index (χ1) is 8.76. The van der Waals surface area contributed by atoms with Gasteiger partial charge in [0.2, 0.25) is 5.89 Å². The van der Waals surface area contributed by atoms with Gasteiger partial charge < -0.3 is 19.3 Å². The van der Waals surface area contributed by atoms with Crippen molar-refractivity contribution in [3.63, 3.8) is 0 Å². The molecule has 1 rings (SSSR count). The molecule has 1 N–H and O–H groups in total. The summed E-state index contributed by atoms with van der Waals surface area (Å²) in [5.74, 6) is 1.35. The highest BCUT2D eigenvalue weighted by Crippen LogP contribution is 2.00. The third-order valence-corrected chi connectivity index (χ3v) is 2.36. The summed E-state index contributed by atoms with van der Waals surface area (Å²) in [6, 6.07) is 0. The van der Waals surface area contributed by atoms with Gasteiger partial charge in [-0.1, -0.05) is 5.16 Å². The molecule has 0 bridgehead atoms. The Labute approximate surface area is 108 Å². The molecule has 1 aromatic heterocycles. The Balaban J connectivity index is 2.06. The number of hydrogen-bond donors (Lipinski definition) is 1. The molecule has 1 heterocycles.